The third kappa shape index (κ3) is 4.12. The Morgan fingerprint density at radius 1 is 1.08 bits per heavy atom. The molecule has 6 heteroatoms. The summed E-state index contributed by atoms with van der Waals surface area (Å²) in [5, 5.41) is 3.14. The molecule has 26 heavy (non-hydrogen) atoms. The normalized spacial score (nSPS) is 25.0. The van der Waals surface area contributed by atoms with Crippen LogP contribution in [0.15, 0.2) is 23.1 Å². The van der Waals surface area contributed by atoms with Crippen molar-refractivity contribution in [3.05, 3.63) is 29.3 Å². The predicted molar refractivity (Wildman–Crippen MR) is 103 cm³/mol. The van der Waals surface area contributed by atoms with Gasteiger partial charge in [-0.2, -0.15) is 4.31 Å². The quantitative estimate of drug-likeness (QED) is 0.872. The maximum Gasteiger partial charge on any atom is 0.251 e. The van der Waals surface area contributed by atoms with Crippen molar-refractivity contribution >= 4 is 15.9 Å². The van der Waals surface area contributed by atoms with Crippen LogP contribution in [0.2, 0.25) is 0 Å². The van der Waals surface area contributed by atoms with E-state index in [2.05, 4.69) is 12.2 Å². The molecule has 1 heterocycles. The lowest BCUT2D eigenvalue weighted by Crippen LogP contribution is -2.41. The third-order valence-electron chi connectivity index (χ3n) is 5.83. The molecule has 1 N–H and O–H groups in total. The van der Waals surface area contributed by atoms with Crippen LogP contribution in [0.5, 0.6) is 0 Å². The van der Waals surface area contributed by atoms with Gasteiger partial charge in [0.05, 0.1) is 4.90 Å². The average Bonchev–Trinajstić information content (AvgIpc) is 2.64. The molecule has 0 aromatic heterocycles. The number of benzene rings is 1. The minimum Gasteiger partial charge on any atom is -0.349 e. The number of carbonyl (C=O) groups is 1. The van der Waals surface area contributed by atoms with Crippen molar-refractivity contribution in [2.75, 3.05) is 13.1 Å². The standard InChI is InChI=1S/C20H30N2O3S/c1-15-10-11-17(26(24,25)22-12-6-3-7-13-22)14-18(15)20(23)21-19-9-5-4-8-16(19)2/h10-11,14,16,19H,3-9,12-13H2,1-2H3,(H,21,23). The van der Waals surface area contributed by atoms with Gasteiger partial charge in [-0.3, -0.25) is 4.79 Å². The molecule has 1 aliphatic carbocycles. The molecule has 1 saturated heterocycles. The second kappa shape index (κ2) is 8.09. The second-order valence-electron chi connectivity index (χ2n) is 7.78. The van der Waals surface area contributed by atoms with E-state index in [1.807, 2.05) is 6.92 Å². The molecule has 1 aliphatic heterocycles. The van der Waals surface area contributed by atoms with Crippen LogP contribution in [0.1, 0.15) is 67.8 Å². The number of sulfonamides is 1. The first-order valence-electron chi connectivity index (χ1n) is 9.81. The summed E-state index contributed by atoms with van der Waals surface area (Å²) >= 11 is 0. The molecule has 1 aromatic rings. The zero-order valence-corrected chi connectivity index (χ0v) is 16.6. The molecule has 2 atom stereocenters. The van der Waals surface area contributed by atoms with Crippen molar-refractivity contribution in [3.8, 4) is 0 Å². The van der Waals surface area contributed by atoms with Gasteiger partial charge in [0.25, 0.3) is 5.91 Å². The Morgan fingerprint density at radius 3 is 2.46 bits per heavy atom. The highest BCUT2D eigenvalue weighted by molar-refractivity contribution is 7.89. The number of hydrogen-bond acceptors (Lipinski definition) is 3. The first kappa shape index (κ1) is 19.4. The van der Waals surface area contributed by atoms with E-state index in [0.717, 1.165) is 44.1 Å². The summed E-state index contributed by atoms with van der Waals surface area (Å²) in [6, 6.07) is 5.11. The van der Waals surface area contributed by atoms with Crippen LogP contribution in [-0.4, -0.2) is 37.8 Å². The molecular formula is C20H30N2O3S. The molecule has 0 bridgehead atoms. The molecule has 2 fully saturated rings. The van der Waals surface area contributed by atoms with Gasteiger partial charge in [-0.25, -0.2) is 8.42 Å². The average molecular weight is 379 g/mol. The number of aryl methyl sites for hydroxylation is 1. The van der Waals surface area contributed by atoms with Crippen LogP contribution >= 0.6 is 0 Å². The maximum absolute atomic E-state index is 12.9. The van der Waals surface area contributed by atoms with Crippen molar-refractivity contribution < 1.29 is 13.2 Å². The number of rotatable bonds is 4. The molecule has 1 amide bonds. The van der Waals surface area contributed by atoms with Gasteiger partial charge in [-0.05, 0) is 56.2 Å². The number of piperidine rings is 1. The summed E-state index contributed by atoms with van der Waals surface area (Å²) < 4.78 is 27.4. The van der Waals surface area contributed by atoms with Crippen LogP contribution in [0.25, 0.3) is 0 Å². The van der Waals surface area contributed by atoms with Crippen molar-refractivity contribution in [2.24, 2.45) is 5.92 Å². The van der Waals surface area contributed by atoms with E-state index in [9.17, 15) is 13.2 Å². The lowest BCUT2D eigenvalue weighted by Gasteiger charge is -2.30. The molecule has 5 nitrogen and oxygen atoms in total. The summed E-state index contributed by atoms with van der Waals surface area (Å²) in [4.78, 5) is 13.0. The van der Waals surface area contributed by atoms with Crippen molar-refractivity contribution in [1.82, 2.24) is 9.62 Å². The van der Waals surface area contributed by atoms with E-state index in [-0.39, 0.29) is 16.8 Å². The van der Waals surface area contributed by atoms with E-state index in [0.29, 0.717) is 24.6 Å². The number of carbonyl (C=O) groups excluding carboxylic acids is 1. The predicted octanol–water partition coefficient (Wildman–Crippen LogP) is 3.48. The monoisotopic (exact) mass is 378 g/mol. The van der Waals surface area contributed by atoms with Gasteiger partial charge in [0.2, 0.25) is 10.0 Å². The van der Waals surface area contributed by atoms with Gasteiger partial charge in [0, 0.05) is 24.7 Å². The highest BCUT2D eigenvalue weighted by Crippen LogP contribution is 2.26. The Kier molecular flexibility index (Phi) is 6.03. The molecule has 2 unspecified atom stereocenters. The summed E-state index contributed by atoms with van der Waals surface area (Å²) in [5.41, 5.74) is 1.28. The molecule has 0 radical (unpaired) electrons. The van der Waals surface area contributed by atoms with Crippen LogP contribution in [0.3, 0.4) is 0 Å². The minimum atomic E-state index is -3.53. The fraction of sp³-hybridized carbons (Fsp3) is 0.650. The van der Waals surface area contributed by atoms with Crippen molar-refractivity contribution in [2.45, 2.75) is 69.7 Å². The SMILES string of the molecule is Cc1ccc(S(=O)(=O)N2CCCCC2)cc1C(=O)NC1CCCCC1C. The van der Waals surface area contributed by atoms with Crippen LogP contribution in [0, 0.1) is 12.8 Å². The second-order valence-corrected chi connectivity index (χ2v) is 9.72. The fourth-order valence-corrected chi connectivity index (χ4v) is 5.58. The van der Waals surface area contributed by atoms with Crippen LogP contribution < -0.4 is 5.32 Å². The summed E-state index contributed by atoms with van der Waals surface area (Å²) in [5.74, 6) is 0.310. The Morgan fingerprint density at radius 2 is 1.77 bits per heavy atom. The van der Waals surface area contributed by atoms with Gasteiger partial charge < -0.3 is 5.32 Å². The van der Waals surface area contributed by atoms with Crippen molar-refractivity contribution in [3.63, 3.8) is 0 Å². The molecule has 2 aliphatic rings. The molecular weight excluding hydrogens is 348 g/mol. The number of hydrogen-bond donors (Lipinski definition) is 1. The van der Waals surface area contributed by atoms with Gasteiger partial charge in [0.1, 0.15) is 0 Å². The highest BCUT2D eigenvalue weighted by Gasteiger charge is 2.28. The Balaban J connectivity index is 1.81. The summed E-state index contributed by atoms with van der Waals surface area (Å²) in [7, 11) is -3.53. The fourth-order valence-electron chi connectivity index (χ4n) is 4.04. The number of nitrogens with zero attached hydrogens (tertiary/aromatic N) is 1. The van der Waals surface area contributed by atoms with E-state index < -0.39 is 10.0 Å². The van der Waals surface area contributed by atoms with Crippen LogP contribution in [0.4, 0.5) is 0 Å². The number of amides is 1. The lowest BCUT2D eigenvalue weighted by molar-refractivity contribution is 0.0909. The molecule has 1 saturated carbocycles. The van der Waals surface area contributed by atoms with E-state index in [1.54, 1.807) is 22.5 Å². The van der Waals surface area contributed by atoms with Gasteiger partial charge in [0.15, 0.2) is 0 Å². The van der Waals surface area contributed by atoms with Gasteiger partial charge in [-0.1, -0.05) is 32.3 Å². The highest BCUT2D eigenvalue weighted by atomic mass is 32.2. The molecule has 1 aromatic carbocycles. The molecule has 3 rings (SSSR count). The van der Waals surface area contributed by atoms with Crippen molar-refractivity contribution in [1.29, 1.82) is 0 Å². The van der Waals surface area contributed by atoms with E-state index in [4.69, 9.17) is 0 Å². The summed E-state index contributed by atoms with van der Waals surface area (Å²) in [6.45, 7) is 5.17. The maximum atomic E-state index is 12.9. The van der Waals surface area contributed by atoms with Gasteiger partial charge in [-0.15, -0.1) is 0 Å². The number of nitrogens with one attached hydrogen (secondary N) is 1. The molecule has 0 spiro atoms. The topological polar surface area (TPSA) is 66.5 Å². The summed E-state index contributed by atoms with van der Waals surface area (Å²) in [6.07, 6.45) is 7.36. The Bertz CT molecular complexity index is 754. The first-order chi connectivity index (χ1) is 12.4. The molecule has 144 valence electrons. The van der Waals surface area contributed by atoms with Crippen LogP contribution in [-0.2, 0) is 10.0 Å². The zero-order chi connectivity index (χ0) is 18.7. The largest absolute Gasteiger partial charge is 0.349 e. The zero-order valence-electron chi connectivity index (χ0n) is 15.8. The van der Waals surface area contributed by atoms with E-state index in [1.165, 1.54) is 6.42 Å². The minimum absolute atomic E-state index is 0.156. The first-order valence-corrected chi connectivity index (χ1v) is 11.3. The Hall–Kier alpha value is -1.40. The smallest absolute Gasteiger partial charge is 0.251 e. The van der Waals surface area contributed by atoms with E-state index >= 15 is 0 Å². The third-order valence-corrected chi connectivity index (χ3v) is 7.73. The van der Waals surface area contributed by atoms with Gasteiger partial charge >= 0.3 is 0 Å². The lowest BCUT2D eigenvalue weighted by atomic mass is 9.86. The Labute approximate surface area is 157 Å².